The SMILES string of the molecule is COCc1nc(N)cc(NC(C)Cc2ccsc2)n1. The van der Waals surface area contributed by atoms with Crippen LogP contribution >= 0.6 is 11.3 Å². The molecule has 0 spiro atoms. The molecule has 3 N–H and O–H groups in total. The van der Waals surface area contributed by atoms with Gasteiger partial charge in [-0.2, -0.15) is 11.3 Å². The average molecular weight is 278 g/mol. The van der Waals surface area contributed by atoms with Crippen LogP contribution < -0.4 is 11.1 Å². The van der Waals surface area contributed by atoms with Gasteiger partial charge in [-0.25, -0.2) is 9.97 Å². The Morgan fingerprint density at radius 2 is 2.32 bits per heavy atom. The molecule has 0 radical (unpaired) electrons. The number of anilines is 2. The highest BCUT2D eigenvalue weighted by atomic mass is 32.1. The maximum atomic E-state index is 5.76. The summed E-state index contributed by atoms with van der Waals surface area (Å²) in [4.78, 5) is 8.48. The Morgan fingerprint density at radius 1 is 1.47 bits per heavy atom. The van der Waals surface area contributed by atoms with Crippen molar-refractivity contribution < 1.29 is 4.74 Å². The molecule has 6 heteroatoms. The molecule has 0 saturated heterocycles. The van der Waals surface area contributed by atoms with Gasteiger partial charge in [0.15, 0.2) is 5.82 Å². The number of nitrogens with zero attached hydrogens (tertiary/aromatic N) is 2. The van der Waals surface area contributed by atoms with E-state index in [1.54, 1.807) is 24.5 Å². The number of nitrogens with two attached hydrogens (primary N) is 1. The number of nitrogen functional groups attached to an aromatic ring is 1. The van der Waals surface area contributed by atoms with Crippen LogP contribution in [0.2, 0.25) is 0 Å². The predicted octanol–water partition coefficient (Wildman–Crippen LogP) is 2.31. The summed E-state index contributed by atoms with van der Waals surface area (Å²) < 4.78 is 5.02. The molecule has 0 amide bonds. The van der Waals surface area contributed by atoms with E-state index in [1.165, 1.54) is 5.56 Å². The molecule has 1 unspecified atom stereocenters. The van der Waals surface area contributed by atoms with Gasteiger partial charge in [-0.05, 0) is 35.7 Å². The van der Waals surface area contributed by atoms with Gasteiger partial charge < -0.3 is 15.8 Å². The van der Waals surface area contributed by atoms with Gasteiger partial charge in [0.1, 0.15) is 18.2 Å². The number of rotatable bonds is 6. The summed E-state index contributed by atoms with van der Waals surface area (Å²) in [5, 5.41) is 7.58. The Morgan fingerprint density at radius 3 is 3.00 bits per heavy atom. The van der Waals surface area contributed by atoms with Crippen LogP contribution in [0.5, 0.6) is 0 Å². The number of hydrogen-bond acceptors (Lipinski definition) is 6. The Bertz CT molecular complexity index is 515. The van der Waals surface area contributed by atoms with Gasteiger partial charge >= 0.3 is 0 Å². The molecule has 2 aromatic heterocycles. The minimum atomic E-state index is 0.277. The molecule has 2 heterocycles. The van der Waals surface area contributed by atoms with E-state index in [4.69, 9.17) is 10.5 Å². The molecule has 19 heavy (non-hydrogen) atoms. The zero-order chi connectivity index (χ0) is 13.7. The minimum Gasteiger partial charge on any atom is -0.384 e. The summed E-state index contributed by atoms with van der Waals surface area (Å²) >= 11 is 1.71. The van der Waals surface area contributed by atoms with Gasteiger partial charge in [0.05, 0.1) is 0 Å². The second-order valence-corrected chi connectivity index (χ2v) is 5.19. The van der Waals surface area contributed by atoms with Crippen LogP contribution in [-0.4, -0.2) is 23.1 Å². The fourth-order valence-electron chi connectivity index (χ4n) is 1.85. The van der Waals surface area contributed by atoms with Crippen LogP contribution in [-0.2, 0) is 17.8 Å². The topological polar surface area (TPSA) is 73.1 Å². The minimum absolute atomic E-state index is 0.277. The molecule has 0 aliphatic rings. The molecule has 2 rings (SSSR count). The maximum absolute atomic E-state index is 5.76. The first kappa shape index (κ1) is 13.8. The lowest BCUT2D eigenvalue weighted by Crippen LogP contribution is -2.19. The third kappa shape index (κ3) is 4.18. The van der Waals surface area contributed by atoms with Crippen molar-refractivity contribution >= 4 is 23.0 Å². The van der Waals surface area contributed by atoms with E-state index in [0.29, 0.717) is 18.2 Å². The van der Waals surface area contributed by atoms with Gasteiger partial charge in [-0.3, -0.25) is 0 Å². The first-order valence-electron chi connectivity index (χ1n) is 6.07. The second kappa shape index (κ2) is 6.49. The lowest BCUT2D eigenvalue weighted by atomic mass is 10.1. The molecular formula is C13H18N4OS. The van der Waals surface area contributed by atoms with Crippen molar-refractivity contribution in [2.45, 2.75) is 26.0 Å². The van der Waals surface area contributed by atoms with E-state index in [-0.39, 0.29) is 6.04 Å². The molecule has 5 nitrogen and oxygen atoms in total. The second-order valence-electron chi connectivity index (χ2n) is 4.41. The highest BCUT2D eigenvalue weighted by Crippen LogP contribution is 2.14. The number of nitrogens with one attached hydrogen (secondary N) is 1. The maximum Gasteiger partial charge on any atom is 0.158 e. The largest absolute Gasteiger partial charge is 0.384 e. The fourth-order valence-corrected chi connectivity index (χ4v) is 2.53. The van der Waals surface area contributed by atoms with E-state index >= 15 is 0 Å². The van der Waals surface area contributed by atoms with Crippen LogP contribution in [0, 0.1) is 0 Å². The first-order valence-corrected chi connectivity index (χ1v) is 7.01. The van der Waals surface area contributed by atoms with Crippen molar-refractivity contribution in [3.05, 3.63) is 34.3 Å². The lowest BCUT2D eigenvalue weighted by Gasteiger charge is -2.14. The lowest BCUT2D eigenvalue weighted by molar-refractivity contribution is 0.178. The third-order valence-electron chi connectivity index (χ3n) is 2.58. The smallest absolute Gasteiger partial charge is 0.158 e. The third-order valence-corrected chi connectivity index (χ3v) is 3.31. The van der Waals surface area contributed by atoms with Crippen LogP contribution in [0.25, 0.3) is 0 Å². The Hall–Kier alpha value is -1.66. The molecule has 102 valence electrons. The van der Waals surface area contributed by atoms with E-state index in [9.17, 15) is 0 Å². The van der Waals surface area contributed by atoms with Crippen LogP contribution in [0.4, 0.5) is 11.6 Å². The standard InChI is InChI=1S/C13H18N4OS/c1-9(5-10-3-4-19-8-10)15-12-6-11(14)16-13(17-12)7-18-2/h3-4,6,8-9H,5,7H2,1-2H3,(H3,14,15,16,17). The normalized spacial score (nSPS) is 12.3. The van der Waals surface area contributed by atoms with Crippen molar-refractivity contribution in [3.8, 4) is 0 Å². The number of thiophene rings is 1. The molecule has 0 saturated carbocycles. The number of methoxy groups -OCH3 is 1. The monoisotopic (exact) mass is 278 g/mol. The Kier molecular flexibility index (Phi) is 4.70. The van der Waals surface area contributed by atoms with Crippen molar-refractivity contribution in [1.29, 1.82) is 0 Å². The van der Waals surface area contributed by atoms with E-state index < -0.39 is 0 Å². The quantitative estimate of drug-likeness (QED) is 0.848. The van der Waals surface area contributed by atoms with Gasteiger partial charge in [-0.15, -0.1) is 0 Å². The zero-order valence-corrected chi connectivity index (χ0v) is 11.9. The molecule has 0 aromatic carbocycles. The van der Waals surface area contributed by atoms with Crippen molar-refractivity contribution in [2.75, 3.05) is 18.2 Å². The van der Waals surface area contributed by atoms with Gasteiger partial charge in [0, 0.05) is 19.2 Å². The summed E-state index contributed by atoms with van der Waals surface area (Å²) in [5.41, 5.74) is 7.08. The molecule has 0 fully saturated rings. The zero-order valence-electron chi connectivity index (χ0n) is 11.1. The molecule has 0 aliphatic carbocycles. The number of aromatic nitrogens is 2. The predicted molar refractivity (Wildman–Crippen MR) is 78.3 cm³/mol. The van der Waals surface area contributed by atoms with Crippen LogP contribution in [0.15, 0.2) is 22.9 Å². The Balaban J connectivity index is 2.01. The first-order chi connectivity index (χ1) is 9.17. The molecular weight excluding hydrogens is 260 g/mol. The van der Waals surface area contributed by atoms with E-state index in [1.807, 2.05) is 0 Å². The highest BCUT2D eigenvalue weighted by molar-refractivity contribution is 7.07. The highest BCUT2D eigenvalue weighted by Gasteiger charge is 2.07. The van der Waals surface area contributed by atoms with Gasteiger partial charge in [-0.1, -0.05) is 0 Å². The molecule has 2 aromatic rings. The summed E-state index contributed by atoms with van der Waals surface area (Å²) in [7, 11) is 1.61. The number of hydrogen-bond donors (Lipinski definition) is 2. The van der Waals surface area contributed by atoms with Gasteiger partial charge in [0.2, 0.25) is 0 Å². The van der Waals surface area contributed by atoms with Gasteiger partial charge in [0.25, 0.3) is 0 Å². The molecule has 0 bridgehead atoms. The summed E-state index contributed by atoms with van der Waals surface area (Å²) in [6.07, 6.45) is 0.951. The van der Waals surface area contributed by atoms with Crippen LogP contribution in [0.3, 0.4) is 0 Å². The van der Waals surface area contributed by atoms with Crippen LogP contribution in [0.1, 0.15) is 18.3 Å². The van der Waals surface area contributed by atoms with Crippen molar-refractivity contribution in [1.82, 2.24) is 9.97 Å². The number of ether oxygens (including phenoxy) is 1. The van der Waals surface area contributed by atoms with Crippen molar-refractivity contribution in [3.63, 3.8) is 0 Å². The summed E-state index contributed by atoms with van der Waals surface area (Å²) in [6, 6.07) is 4.15. The van der Waals surface area contributed by atoms with E-state index in [2.05, 4.69) is 39.0 Å². The Labute approximate surface area is 116 Å². The summed E-state index contributed by atoms with van der Waals surface area (Å²) in [5.74, 6) is 1.78. The summed E-state index contributed by atoms with van der Waals surface area (Å²) in [6.45, 7) is 2.48. The average Bonchev–Trinajstić information content (AvgIpc) is 2.81. The molecule has 0 aliphatic heterocycles. The fraction of sp³-hybridized carbons (Fsp3) is 0.385. The van der Waals surface area contributed by atoms with Crippen molar-refractivity contribution in [2.24, 2.45) is 0 Å². The van der Waals surface area contributed by atoms with E-state index in [0.717, 1.165) is 12.2 Å². The molecule has 1 atom stereocenters.